The van der Waals surface area contributed by atoms with Gasteiger partial charge < -0.3 is 9.47 Å². The summed E-state index contributed by atoms with van der Waals surface area (Å²) in [5.41, 5.74) is -0.602. The highest BCUT2D eigenvalue weighted by Gasteiger charge is 2.21. The molecule has 0 aliphatic carbocycles. The number of nitro groups is 1. The second-order valence-corrected chi connectivity index (χ2v) is 8.31. The highest BCUT2D eigenvalue weighted by Crippen LogP contribution is 2.20. The summed E-state index contributed by atoms with van der Waals surface area (Å²) < 4.78 is 10.3. The maximum absolute atomic E-state index is 12.1. The molecular formula is C19H28N4O6. The van der Waals surface area contributed by atoms with E-state index in [0.29, 0.717) is 5.56 Å². The quantitative estimate of drug-likeness (QED) is 0.338. The van der Waals surface area contributed by atoms with Crippen molar-refractivity contribution in [3.8, 4) is 0 Å². The van der Waals surface area contributed by atoms with Crippen LogP contribution in [0.25, 0.3) is 0 Å². The third-order valence-electron chi connectivity index (χ3n) is 3.08. The number of aliphatic imine (C=N–C) groups is 1. The van der Waals surface area contributed by atoms with Crippen LogP contribution in [0.5, 0.6) is 0 Å². The van der Waals surface area contributed by atoms with Gasteiger partial charge in [-0.3, -0.25) is 20.7 Å². The first-order chi connectivity index (χ1) is 13.2. The minimum absolute atomic E-state index is 0.109. The van der Waals surface area contributed by atoms with Crippen LogP contribution in [0.2, 0.25) is 0 Å². The highest BCUT2D eigenvalue weighted by atomic mass is 16.6. The summed E-state index contributed by atoms with van der Waals surface area (Å²) in [4.78, 5) is 39.0. The molecule has 29 heavy (non-hydrogen) atoms. The molecule has 1 aromatic rings. The molecular weight excluding hydrogens is 380 g/mol. The first-order valence-corrected chi connectivity index (χ1v) is 8.94. The van der Waals surface area contributed by atoms with Gasteiger partial charge in [-0.15, -0.1) is 0 Å². The smallest absolute Gasteiger partial charge is 0.414 e. The number of nitro benzene ring substituents is 1. The van der Waals surface area contributed by atoms with Crippen LogP contribution in [0.1, 0.15) is 52.7 Å². The number of amides is 2. The molecule has 0 heterocycles. The van der Waals surface area contributed by atoms with E-state index in [1.54, 1.807) is 60.6 Å². The van der Waals surface area contributed by atoms with Crippen molar-refractivity contribution in [3.05, 3.63) is 39.4 Å². The second-order valence-electron chi connectivity index (χ2n) is 8.31. The highest BCUT2D eigenvalue weighted by molar-refractivity contribution is 6.01. The van der Waals surface area contributed by atoms with Gasteiger partial charge in [-0.05, 0) is 54.0 Å². The molecule has 1 rings (SSSR count). The predicted molar refractivity (Wildman–Crippen MR) is 108 cm³/mol. The monoisotopic (exact) mass is 408 g/mol. The van der Waals surface area contributed by atoms with Gasteiger partial charge in [0.15, 0.2) is 0 Å². The minimum atomic E-state index is -0.842. The molecule has 0 aliphatic rings. The molecule has 2 amide bonds. The molecule has 0 bridgehead atoms. The van der Waals surface area contributed by atoms with E-state index in [1.807, 2.05) is 0 Å². The van der Waals surface area contributed by atoms with E-state index in [1.165, 1.54) is 6.07 Å². The zero-order chi connectivity index (χ0) is 22.4. The number of nitrogens with zero attached hydrogens (tertiary/aromatic N) is 2. The summed E-state index contributed by atoms with van der Waals surface area (Å²) in [6.07, 6.45) is -1.68. The predicted octanol–water partition coefficient (Wildman–Crippen LogP) is 3.81. The Morgan fingerprint density at radius 2 is 1.52 bits per heavy atom. The molecule has 0 atom stereocenters. The van der Waals surface area contributed by atoms with Gasteiger partial charge in [0.2, 0.25) is 5.96 Å². The number of alkyl carbamates (subject to hydrolysis) is 2. The van der Waals surface area contributed by atoms with Crippen LogP contribution >= 0.6 is 0 Å². The molecule has 0 unspecified atom stereocenters. The van der Waals surface area contributed by atoms with Crippen molar-refractivity contribution in [2.75, 3.05) is 0 Å². The van der Waals surface area contributed by atoms with Crippen LogP contribution in [0.15, 0.2) is 23.2 Å². The van der Waals surface area contributed by atoms with Crippen molar-refractivity contribution >= 4 is 23.8 Å². The molecule has 0 aliphatic heterocycles. The fourth-order valence-electron chi connectivity index (χ4n) is 2.05. The molecule has 0 aromatic heterocycles. The molecule has 0 saturated carbocycles. The summed E-state index contributed by atoms with van der Waals surface area (Å²) in [5.74, 6) is -0.247. The summed E-state index contributed by atoms with van der Waals surface area (Å²) in [7, 11) is 0. The third kappa shape index (κ3) is 9.54. The first-order valence-electron chi connectivity index (χ1n) is 8.94. The number of carbonyl (C=O) groups excluding carboxylic acids is 2. The van der Waals surface area contributed by atoms with Crippen LogP contribution in [0.4, 0.5) is 15.3 Å². The molecule has 1 aromatic carbocycles. The van der Waals surface area contributed by atoms with Gasteiger partial charge in [0.05, 0.1) is 17.0 Å². The van der Waals surface area contributed by atoms with Gasteiger partial charge >= 0.3 is 12.2 Å². The summed E-state index contributed by atoms with van der Waals surface area (Å²) in [5, 5.41) is 15.9. The molecule has 10 nitrogen and oxygen atoms in total. The Hall–Kier alpha value is -3.17. The van der Waals surface area contributed by atoms with Crippen molar-refractivity contribution in [3.63, 3.8) is 0 Å². The number of nitrogens with one attached hydrogen (secondary N) is 2. The van der Waals surface area contributed by atoms with Crippen molar-refractivity contribution in [1.82, 2.24) is 10.6 Å². The lowest BCUT2D eigenvalue weighted by molar-refractivity contribution is -0.385. The molecule has 2 N–H and O–H groups in total. The van der Waals surface area contributed by atoms with E-state index in [2.05, 4.69) is 15.6 Å². The number of aryl methyl sites for hydroxylation is 1. The second kappa shape index (κ2) is 9.35. The van der Waals surface area contributed by atoms with Crippen LogP contribution in [0, 0.1) is 17.0 Å². The Labute approximate surface area is 169 Å². The van der Waals surface area contributed by atoms with Gasteiger partial charge in [0.25, 0.3) is 5.69 Å². The van der Waals surface area contributed by atoms with Gasteiger partial charge in [-0.25, -0.2) is 14.6 Å². The largest absolute Gasteiger partial charge is 0.444 e. The van der Waals surface area contributed by atoms with Gasteiger partial charge in [-0.1, -0.05) is 12.1 Å². The molecule has 0 radical (unpaired) electrons. The Balaban J connectivity index is 3.08. The average molecular weight is 408 g/mol. The molecule has 0 saturated heterocycles. The maximum Gasteiger partial charge on any atom is 0.414 e. The lowest BCUT2D eigenvalue weighted by atomic mass is 10.1. The molecule has 10 heteroatoms. The van der Waals surface area contributed by atoms with Gasteiger partial charge in [0.1, 0.15) is 11.2 Å². The van der Waals surface area contributed by atoms with Gasteiger partial charge in [0, 0.05) is 6.07 Å². The summed E-state index contributed by atoms with van der Waals surface area (Å²) in [6, 6.07) is 4.70. The van der Waals surface area contributed by atoms with E-state index in [9.17, 15) is 19.7 Å². The van der Waals surface area contributed by atoms with Gasteiger partial charge in [-0.2, -0.15) is 0 Å². The third-order valence-corrected chi connectivity index (χ3v) is 3.08. The zero-order valence-electron chi connectivity index (χ0n) is 17.8. The maximum atomic E-state index is 12.1. The fourth-order valence-corrected chi connectivity index (χ4v) is 2.05. The SMILES string of the molecule is Cc1ccc(CN=C(NC(=O)OC(C)(C)C)NC(=O)OC(C)(C)C)c([N+](=O)[O-])c1. The first kappa shape index (κ1) is 23.9. The van der Waals surface area contributed by atoms with E-state index in [4.69, 9.17) is 9.47 Å². The van der Waals surface area contributed by atoms with Crippen molar-refractivity contribution < 1.29 is 24.0 Å². The minimum Gasteiger partial charge on any atom is -0.444 e. The molecule has 0 fully saturated rings. The number of hydrogen-bond acceptors (Lipinski definition) is 7. The van der Waals surface area contributed by atoms with Crippen LogP contribution in [-0.2, 0) is 16.0 Å². The topological polar surface area (TPSA) is 132 Å². The summed E-state index contributed by atoms with van der Waals surface area (Å²) in [6.45, 7) is 11.7. The van der Waals surface area contributed by atoms with Crippen LogP contribution in [0.3, 0.4) is 0 Å². The number of hydrogen-bond donors (Lipinski definition) is 2. The van der Waals surface area contributed by atoms with Crippen LogP contribution < -0.4 is 10.6 Å². The van der Waals surface area contributed by atoms with E-state index in [0.717, 1.165) is 5.56 Å². The van der Waals surface area contributed by atoms with E-state index < -0.39 is 28.3 Å². The normalized spacial score (nSPS) is 11.3. The van der Waals surface area contributed by atoms with E-state index >= 15 is 0 Å². The Morgan fingerprint density at radius 1 is 1.03 bits per heavy atom. The molecule has 160 valence electrons. The lowest BCUT2D eigenvalue weighted by Gasteiger charge is -2.22. The Bertz CT molecular complexity index is 774. The van der Waals surface area contributed by atoms with Crippen LogP contribution in [-0.4, -0.2) is 34.3 Å². The Kier molecular flexibility index (Phi) is 7.70. The Morgan fingerprint density at radius 3 is 1.93 bits per heavy atom. The number of benzene rings is 1. The lowest BCUT2D eigenvalue weighted by Crippen LogP contribution is -2.47. The van der Waals surface area contributed by atoms with E-state index in [-0.39, 0.29) is 18.2 Å². The van der Waals surface area contributed by atoms with Crippen molar-refractivity contribution in [2.24, 2.45) is 4.99 Å². The van der Waals surface area contributed by atoms with Crippen molar-refractivity contribution in [1.29, 1.82) is 0 Å². The zero-order valence-corrected chi connectivity index (χ0v) is 17.8. The number of rotatable bonds is 3. The number of ether oxygens (including phenoxy) is 2. The molecule has 0 spiro atoms. The number of guanidine groups is 1. The average Bonchev–Trinajstić information content (AvgIpc) is 2.49. The fraction of sp³-hybridized carbons (Fsp3) is 0.526. The number of carbonyl (C=O) groups is 2. The standard InChI is InChI=1S/C19H28N4O6/c1-12-8-9-13(14(10-12)23(26)27)11-20-15(21-16(24)28-18(2,3)4)22-17(25)29-19(5,6)7/h8-10H,11H2,1-7H3,(H2,20,21,22,24,25). The summed E-state index contributed by atoms with van der Waals surface area (Å²) >= 11 is 0. The van der Waals surface area contributed by atoms with Crippen molar-refractivity contribution in [2.45, 2.75) is 66.2 Å².